The molecule has 0 bridgehead atoms. The van der Waals surface area contributed by atoms with Crippen LogP contribution in [0.5, 0.6) is 0 Å². The van der Waals surface area contributed by atoms with Crippen molar-refractivity contribution in [3.8, 4) is 11.1 Å². The Balaban J connectivity index is 1.14. The van der Waals surface area contributed by atoms with E-state index >= 15 is 0 Å². The molecule has 1 saturated carbocycles. The highest BCUT2D eigenvalue weighted by atomic mass is 32.2. The Morgan fingerprint density at radius 3 is 2.26 bits per heavy atom. The zero-order valence-corrected chi connectivity index (χ0v) is 24.7. The molecule has 1 aromatic heterocycles. The largest absolute Gasteiger partial charge is 0.417 e. The number of amides is 1. The Hall–Kier alpha value is -3.24. The van der Waals surface area contributed by atoms with Gasteiger partial charge in [0.25, 0.3) is 0 Å². The molecule has 230 valence electrons. The molecule has 1 aliphatic carbocycles. The molecule has 2 aliphatic rings. The highest BCUT2D eigenvalue weighted by molar-refractivity contribution is 7.92. The van der Waals surface area contributed by atoms with Gasteiger partial charge in [-0.1, -0.05) is 36.4 Å². The maximum Gasteiger partial charge on any atom is 0.417 e. The molecule has 2 heterocycles. The van der Waals surface area contributed by atoms with Gasteiger partial charge in [0.1, 0.15) is 0 Å². The summed E-state index contributed by atoms with van der Waals surface area (Å²) in [4.78, 5) is 16.1. The second-order valence-corrected chi connectivity index (χ2v) is 14.0. The Labute approximate surface area is 250 Å². The molecule has 2 fully saturated rings. The van der Waals surface area contributed by atoms with Gasteiger partial charge >= 0.3 is 6.18 Å². The monoisotopic (exact) mass is 614 g/mol. The maximum atomic E-state index is 13.4. The maximum absolute atomic E-state index is 13.4. The number of sulfone groups is 1. The number of aliphatic hydroxyl groups is 1. The van der Waals surface area contributed by atoms with Crippen molar-refractivity contribution < 1.29 is 31.5 Å². The van der Waals surface area contributed by atoms with Gasteiger partial charge in [0.05, 0.1) is 21.8 Å². The predicted octanol–water partition coefficient (Wildman–Crippen LogP) is 6.48. The first-order chi connectivity index (χ1) is 20.5. The van der Waals surface area contributed by atoms with Gasteiger partial charge in [0, 0.05) is 24.9 Å². The first-order valence-corrected chi connectivity index (χ1v) is 16.5. The van der Waals surface area contributed by atoms with E-state index in [-0.39, 0.29) is 29.1 Å². The van der Waals surface area contributed by atoms with Crippen LogP contribution in [0.4, 0.5) is 13.2 Å². The van der Waals surface area contributed by atoms with Crippen molar-refractivity contribution in [3.05, 3.63) is 83.7 Å². The van der Waals surface area contributed by atoms with Crippen LogP contribution in [0, 0.1) is 5.92 Å². The third-order valence-electron chi connectivity index (χ3n) is 8.89. The zero-order valence-electron chi connectivity index (χ0n) is 23.9. The van der Waals surface area contributed by atoms with E-state index in [0.29, 0.717) is 44.2 Å². The van der Waals surface area contributed by atoms with E-state index < -0.39 is 32.9 Å². The van der Waals surface area contributed by atoms with E-state index in [1.807, 2.05) is 24.3 Å². The summed E-state index contributed by atoms with van der Waals surface area (Å²) in [5.74, 6) is 0.225. The van der Waals surface area contributed by atoms with Crippen LogP contribution < -0.4 is 5.32 Å². The van der Waals surface area contributed by atoms with Crippen molar-refractivity contribution in [2.75, 3.05) is 6.54 Å². The lowest BCUT2D eigenvalue weighted by Gasteiger charge is -2.33. The minimum atomic E-state index is -4.42. The molecule has 10 heteroatoms. The number of hydrogen-bond acceptors (Lipinski definition) is 5. The number of aryl methyl sites for hydroxylation is 1. The summed E-state index contributed by atoms with van der Waals surface area (Å²) >= 11 is 0. The molecule has 5 rings (SSSR count). The van der Waals surface area contributed by atoms with Crippen LogP contribution in [0.2, 0.25) is 0 Å². The normalized spacial score (nSPS) is 23.4. The number of halogens is 3. The molecule has 0 spiro atoms. The molecule has 6 nitrogen and oxygen atoms in total. The van der Waals surface area contributed by atoms with E-state index in [4.69, 9.17) is 0 Å². The lowest BCUT2D eigenvalue weighted by Crippen LogP contribution is -2.36. The molecule has 2 unspecified atom stereocenters. The van der Waals surface area contributed by atoms with E-state index in [1.165, 1.54) is 6.07 Å². The fraction of sp³-hybridized carbons (Fsp3) is 0.455. The smallest absolute Gasteiger partial charge is 0.393 e. The summed E-state index contributed by atoms with van der Waals surface area (Å²) in [6.07, 6.45) is 1.04. The number of pyridine rings is 1. The van der Waals surface area contributed by atoms with Crippen molar-refractivity contribution in [1.82, 2.24) is 10.3 Å². The number of rotatable bonds is 8. The summed E-state index contributed by atoms with van der Waals surface area (Å²) in [6, 6.07) is 17.4. The third-order valence-corrected chi connectivity index (χ3v) is 11.1. The first kappa shape index (κ1) is 31.2. The van der Waals surface area contributed by atoms with Crippen molar-refractivity contribution >= 4 is 15.7 Å². The average Bonchev–Trinajstić information content (AvgIpc) is 3.22. The van der Waals surface area contributed by atoms with Gasteiger partial charge in [-0.05, 0) is 104 Å². The van der Waals surface area contributed by atoms with Crippen LogP contribution in [0.3, 0.4) is 0 Å². The second kappa shape index (κ2) is 13.2. The Morgan fingerprint density at radius 1 is 0.930 bits per heavy atom. The van der Waals surface area contributed by atoms with Gasteiger partial charge in [-0.15, -0.1) is 0 Å². The average molecular weight is 615 g/mol. The number of carbonyl (C=O) groups is 1. The minimum absolute atomic E-state index is 0.0568. The molecule has 4 atom stereocenters. The Bertz CT molecular complexity index is 1490. The van der Waals surface area contributed by atoms with Crippen molar-refractivity contribution in [2.45, 2.75) is 86.1 Å². The second-order valence-electron chi connectivity index (χ2n) is 11.8. The van der Waals surface area contributed by atoms with E-state index in [2.05, 4.69) is 10.3 Å². The number of nitrogens with zero attached hydrogens (tertiary/aromatic N) is 1. The van der Waals surface area contributed by atoms with Gasteiger partial charge < -0.3 is 10.4 Å². The molecule has 1 amide bonds. The van der Waals surface area contributed by atoms with Gasteiger partial charge in [-0.2, -0.15) is 13.2 Å². The molecule has 0 radical (unpaired) electrons. The van der Waals surface area contributed by atoms with Crippen LogP contribution in [0.25, 0.3) is 11.1 Å². The fourth-order valence-corrected chi connectivity index (χ4v) is 8.11. The van der Waals surface area contributed by atoms with Gasteiger partial charge in [0.15, 0.2) is 9.84 Å². The summed E-state index contributed by atoms with van der Waals surface area (Å²) in [5.41, 5.74) is 2.78. The van der Waals surface area contributed by atoms with E-state index in [9.17, 15) is 31.5 Å². The molecule has 2 N–H and O–H groups in total. The summed E-state index contributed by atoms with van der Waals surface area (Å²) in [7, 11) is -3.63. The molecule has 2 aromatic carbocycles. The number of nitrogens with one attached hydrogen (secondary N) is 1. The number of hydrogen-bond donors (Lipinski definition) is 2. The zero-order chi connectivity index (χ0) is 30.6. The van der Waals surface area contributed by atoms with Crippen molar-refractivity contribution in [1.29, 1.82) is 0 Å². The Kier molecular flexibility index (Phi) is 9.56. The van der Waals surface area contributed by atoms with Crippen LogP contribution in [0.1, 0.15) is 74.1 Å². The third kappa shape index (κ3) is 7.65. The van der Waals surface area contributed by atoms with Crippen LogP contribution >= 0.6 is 0 Å². The van der Waals surface area contributed by atoms with E-state index in [0.717, 1.165) is 48.3 Å². The lowest BCUT2D eigenvalue weighted by atomic mass is 9.83. The quantitative estimate of drug-likeness (QED) is 0.303. The summed E-state index contributed by atoms with van der Waals surface area (Å²) in [5, 5.41) is 13.0. The molecule has 1 aliphatic heterocycles. The number of aliphatic hydroxyl groups excluding tert-OH is 1. The molecular formula is C33H37F3N2O4S. The van der Waals surface area contributed by atoms with Crippen LogP contribution in [-0.4, -0.2) is 42.3 Å². The molecule has 3 aromatic rings. The van der Waals surface area contributed by atoms with E-state index in [1.54, 1.807) is 24.3 Å². The highest BCUT2D eigenvalue weighted by Gasteiger charge is 2.37. The standard InChI is InChI=1S/C33H37F3N2O4S/c34-33(35,36)27-13-14-28(38-21-27)5-1-3-25-12-17-30(20-31(25)39)43(41,42)29-15-10-23(11-16-29)22-6-8-24(9-7-22)26-4-2-18-37-32(40)19-26/h6-11,13-16,21,25-26,30-31,39H,1-5,12,17-20H2,(H,37,40)/t25-,26?,30?,31+/m1/s1. The SMILES string of the molecule is O=C1CC(c2ccc(-c3ccc(S(=O)(=O)C4CC[C@@H](CCCc5ccc(C(F)(F)F)cn5)[C@@H](O)C4)cc3)cc2)CCCN1. The lowest BCUT2D eigenvalue weighted by molar-refractivity contribution is -0.137. The van der Waals surface area contributed by atoms with Crippen molar-refractivity contribution in [2.24, 2.45) is 5.92 Å². The summed E-state index contributed by atoms with van der Waals surface area (Å²) < 4.78 is 65.1. The highest BCUT2D eigenvalue weighted by Crippen LogP contribution is 2.36. The molecule has 1 saturated heterocycles. The van der Waals surface area contributed by atoms with Crippen molar-refractivity contribution in [3.63, 3.8) is 0 Å². The predicted molar refractivity (Wildman–Crippen MR) is 158 cm³/mol. The first-order valence-electron chi connectivity index (χ1n) is 14.9. The summed E-state index contributed by atoms with van der Waals surface area (Å²) in [6.45, 7) is 0.718. The topological polar surface area (TPSA) is 96.4 Å². The number of alkyl halides is 3. The number of aromatic nitrogens is 1. The number of carbonyl (C=O) groups excluding carboxylic acids is 1. The molecule has 43 heavy (non-hydrogen) atoms. The molecular weight excluding hydrogens is 577 g/mol. The van der Waals surface area contributed by atoms with Crippen LogP contribution in [0.15, 0.2) is 71.8 Å². The van der Waals surface area contributed by atoms with Gasteiger partial charge in [0.2, 0.25) is 5.91 Å². The van der Waals surface area contributed by atoms with Gasteiger partial charge in [-0.25, -0.2) is 8.42 Å². The Morgan fingerprint density at radius 2 is 1.63 bits per heavy atom. The van der Waals surface area contributed by atoms with Gasteiger partial charge in [-0.3, -0.25) is 9.78 Å². The fourth-order valence-electron chi connectivity index (χ4n) is 6.31. The minimum Gasteiger partial charge on any atom is -0.393 e. The number of benzene rings is 2. The van der Waals surface area contributed by atoms with Crippen LogP contribution in [-0.2, 0) is 27.2 Å².